The van der Waals surface area contributed by atoms with Gasteiger partial charge in [-0.05, 0) is 0 Å². The molecule has 0 bridgehead atoms. The minimum atomic E-state index is -5.79. The van der Waals surface area contributed by atoms with Gasteiger partial charge < -0.3 is 0 Å². The monoisotopic (exact) mass is 544 g/mol. The van der Waals surface area contributed by atoms with Gasteiger partial charge in [0.05, 0.1) is 0 Å². The summed E-state index contributed by atoms with van der Waals surface area (Å²) in [6.07, 6.45) is 0. The molecule has 0 aromatic heterocycles. The van der Waals surface area contributed by atoms with E-state index in [1.165, 1.54) is 13.0 Å². The number of benzene rings is 2. The van der Waals surface area contributed by atoms with Gasteiger partial charge >= 0.3 is 172 Å². The molecule has 154 valence electrons. The summed E-state index contributed by atoms with van der Waals surface area (Å²) in [5.74, 6) is -0.258. The van der Waals surface area contributed by atoms with Gasteiger partial charge in [0.25, 0.3) is 0 Å². The summed E-state index contributed by atoms with van der Waals surface area (Å²) in [6.45, 7) is 7.34. The Hall–Kier alpha value is -1.24. The van der Waals surface area contributed by atoms with E-state index in [0.717, 1.165) is 5.19 Å². The first kappa shape index (κ1) is 23.0. The third-order valence-corrected chi connectivity index (χ3v) is 13.4. The third-order valence-electron chi connectivity index (χ3n) is 3.73. The van der Waals surface area contributed by atoms with Gasteiger partial charge in [-0.3, -0.25) is 0 Å². The summed E-state index contributed by atoms with van der Waals surface area (Å²) in [4.78, 5) is 11.9. The van der Waals surface area contributed by atoms with Crippen LogP contribution in [0, 0.1) is 7.14 Å². The van der Waals surface area contributed by atoms with Crippen LogP contribution < -0.4 is 5.19 Å². The summed E-state index contributed by atoms with van der Waals surface area (Å²) in [5.41, 5.74) is -5.21. The van der Waals surface area contributed by atoms with Crippen molar-refractivity contribution < 1.29 is 28.9 Å². The number of ketones is 1. The van der Waals surface area contributed by atoms with Gasteiger partial charge in [0.15, 0.2) is 0 Å². The predicted octanol–water partition coefficient (Wildman–Crippen LogP) is 4.76. The standard InChI is InChI=1S/C18H20F3IO4SSi/c1-13(23)14-10-11-17(28(2,3)4)16(12-14)22(15-8-6-5-7-9-15)26-27(24,25)18(19,20)21/h5-12H,1-4H3. The van der Waals surface area contributed by atoms with Gasteiger partial charge in [-0.2, -0.15) is 0 Å². The van der Waals surface area contributed by atoms with E-state index in [1.807, 2.05) is 19.6 Å². The SMILES string of the molecule is CC(=O)c1ccc([Si](C)(C)C)c(I(OS(=O)(=O)C(F)(F)F)c2ccccc2)c1. The van der Waals surface area contributed by atoms with Crippen molar-refractivity contribution in [3.63, 3.8) is 0 Å². The van der Waals surface area contributed by atoms with Gasteiger partial charge in [-0.15, -0.1) is 0 Å². The van der Waals surface area contributed by atoms with Crippen LogP contribution in [-0.2, 0) is 12.6 Å². The quantitative estimate of drug-likeness (QED) is 0.228. The Kier molecular flexibility index (Phi) is 6.78. The second-order valence-corrected chi connectivity index (χ2v) is 18.5. The maximum atomic E-state index is 13.0. The molecular formula is C18H20F3IO4SSi. The van der Waals surface area contributed by atoms with Crippen molar-refractivity contribution in [2.45, 2.75) is 32.1 Å². The molecule has 2 aromatic carbocycles. The van der Waals surface area contributed by atoms with E-state index in [4.69, 9.17) is 2.51 Å². The molecule has 0 amide bonds. The maximum absolute atomic E-state index is 13.0. The van der Waals surface area contributed by atoms with E-state index >= 15 is 0 Å². The number of alkyl halides is 3. The van der Waals surface area contributed by atoms with Crippen LogP contribution in [0.4, 0.5) is 13.2 Å². The second kappa shape index (κ2) is 8.25. The molecule has 2 aromatic rings. The molecule has 0 N–H and O–H groups in total. The van der Waals surface area contributed by atoms with Gasteiger partial charge in [0, 0.05) is 0 Å². The molecule has 0 aliphatic heterocycles. The zero-order chi connectivity index (χ0) is 21.3. The molecule has 0 heterocycles. The van der Waals surface area contributed by atoms with Crippen molar-refractivity contribution >= 4 is 49.4 Å². The molecule has 0 saturated heterocycles. The van der Waals surface area contributed by atoms with E-state index in [1.54, 1.807) is 42.5 Å². The Bertz CT molecular complexity index is 971. The molecule has 0 atom stereocenters. The number of hydrogen-bond acceptors (Lipinski definition) is 4. The average Bonchev–Trinajstić information content (AvgIpc) is 2.58. The minimum absolute atomic E-state index is 0.258. The van der Waals surface area contributed by atoms with Crippen LogP contribution in [0.25, 0.3) is 0 Å². The molecule has 10 heteroatoms. The third kappa shape index (κ3) is 5.22. The van der Waals surface area contributed by atoms with Crippen LogP contribution in [0.5, 0.6) is 0 Å². The molecule has 0 aliphatic rings. The Morgan fingerprint density at radius 2 is 1.61 bits per heavy atom. The Morgan fingerprint density at radius 3 is 2.07 bits per heavy atom. The zero-order valence-corrected chi connectivity index (χ0v) is 19.6. The first-order valence-corrected chi connectivity index (χ1v) is 16.1. The fraction of sp³-hybridized carbons (Fsp3) is 0.278. The van der Waals surface area contributed by atoms with E-state index in [0.29, 0.717) is 12.7 Å². The molecule has 0 saturated carbocycles. The molecule has 2 rings (SSSR count). The van der Waals surface area contributed by atoms with Crippen molar-refractivity contribution in [2.75, 3.05) is 0 Å². The van der Waals surface area contributed by atoms with Gasteiger partial charge in [-0.25, -0.2) is 0 Å². The van der Waals surface area contributed by atoms with Crippen molar-refractivity contribution in [1.82, 2.24) is 0 Å². The number of Topliss-reactive ketones (excluding diaryl/α,β-unsaturated/α-hetero) is 1. The first-order valence-electron chi connectivity index (χ1n) is 8.16. The van der Waals surface area contributed by atoms with Crippen molar-refractivity contribution in [1.29, 1.82) is 0 Å². The topological polar surface area (TPSA) is 60.4 Å². The predicted molar refractivity (Wildman–Crippen MR) is 113 cm³/mol. The van der Waals surface area contributed by atoms with Crippen LogP contribution in [0.1, 0.15) is 17.3 Å². The Morgan fingerprint density at radius 1 is 1.04 bits per heavy atom. The van der Waals surface area contributed by atoms with Crippen molar-refractivity contribution in [3.05, 3.63) is 61.2 Å². The van der Waals surface area contributed by atoms with E-state index in [-0.39, 0.29) is 5.78 Å². The molecule has 0 aliphatic carbocycles. The van der Waals surface area contributed by atoms with E-state index in [2.05, 4.69) is 0 Å². The zero-order valence-electron chi connectivity index (χ0n) is 15.7. The van der Waals surface area contributed by atoms with Crippen LogP contribution in [0.15, 0.2) is 48.5 Å². The molecule has 28 heavy (non-hydrogen) atoms. The first-order chi connectivity index (χ1) is 12.7. The van der Waals surface area contributed by atoms with Crippen LogP contribution in [0.3, 0.4) is 0 Å². The summed E-state index contributed by atoms with van der Waals surface area (Å²) in [6, 6.07) is 12.9. The average molecular weight is 544 g/mol. The fourth-order valence-corrected chi connectivity index (χ4v) is 13.4. The number of halogens is 4. The van der Waals surface area contributed by atoms with Crippen molar-refractivity contribution in [3.8, 4) is 0 Å². The molecule has 0 fully saturated rings. The number of carbonyl (C=O) groups excluding carboxylic acids is 1. The summed E-state index contributed by atoms with van der Waals surface area (Å²) >= 11 is -3.54. The summed E-state index contributed by atoms with van der Waals surface area (Å²) in [5, 5.41) is 0.781. The molecule has 4 nitrogen and oxygen atoms in total. The molecule has 0 radical (unpaired) electrons. The van der Waals surface area contributed by atoms with Gasteiger partial charge in [-0.1, -0.05) is 0 Å². The van der Waals surface area contributed by atoms with E-state index in [9.17, 15) is 26.4 Å². The number of carbonyl (C=O) groups is 1. The molecular weight excluding hydrogens is 524 g/mol. The molecule has 0 unspecified atom stereocenters. The van der Waals surface area contributed by atoms with Gasteiger partial charge in [0.2, 0.25) is 0 Å². The normalized spacial score (nSPS) is 13.3. The summed E-state index contributed by atoms with van der Waals surface area (Å²) in [7, 11) is -7.87. The fourth-order valence-electron chi connectivity index (χ4n) is 2.32. The Labute approximate surface area is 171 Å². The van der Waals surface area contributed by atoms with Crippen LogP contribution in [-0.4, -0.2) is 27.8 Å². The molecule has 0 spiro atoms. The van der Waals surface area contributed by atoms with Gasteiger partial charge in [0.1, 0.15) is 0 Å². The second-order valence-electron chi connectivity index (χ2n) is 7.01. The van der Waals surface area contributed by atoms with Crippen molar-refractivity contribution in [2.24, 2.45) is 0 Å². The van der Waals surface area contributed by atoms with Crippen LogP contribution >= 0.6 is 20.2 Å². The van der Waals surface area contributed by atoms with E-state index < -0.39 is 43.9 Å². The number of rotatable bonds is 6. The summed E-state index contributed by atoms with van der Waals surface area (Å²) < 4.78 is 68.4. The Balaban J connectivity index is 2.77. The van der Waals surface area contributed by atoms with Crippen LogP contribution in [0.2, 0.25) is 19.6 Å². The number of hydrogen-bond donors (Lipinski definition) is 0.